The third-order valence-electron chi connectivity index (χ3n) is 11.4. The van der Waals surface area contributed by atoms with Crippen molar-refractivity contribution in [3.63, 3.8) is 0 Å². The van der Waals surface area contributed by atoms with Gasteiger partial charge in [0.25, 0.3) is 5.82 Å². The lowest BCUT2D eigenvalue weighted by atomic mass is 9.96. The van der Waals surface area contributed by atoms with Gasteiger partial charge in [-0.15, -0.1) is 0 Å². The number of unbranched alkanes of at least 4 members (excludes halogenated alkanes) is 24. The van der Waals surface area contributed by atoms with E-state index in [4.69, 9.17) is 0 Å². The number of aromatic nitrogens is 2. The molecule has 1 aromatic heterocycles. The van der Waals surface area contributed by atoms with E-state index in [-0.39, 0.29) is 0 Å². The van der Waals surface area contributed by atoms with Crippen LogP contribution in [0.4, 0.5) is 0 Å². The summed E-state index contributed by atoms with van der Waals surface area (Å²) in [6, 6.07) is 22.4. The molecule has 0 aliphatic heterocycles. The summed E-state index contributed by atoms with van der Waals surface area (Å²) in [5.41, 5.74) is 4.42. The molecule has 0 bridgehead atoms. The Bertz CT molecular complexity index is 1200. The van der Waals surface area contributed by atoms with Crippen LogP contribution in [0, 0.1) is 0 Å². The molecule has 1 unspecified atom stereocenters. The van der Waals surface area contributed by atoms with Crippen LogP contribution in [0.25, 0.3) is 0 Å². The first kappa shape index (κ1) is 43.1. The van der Waals surface area contributed by atoms with Crippen LogP contribution >= 0.6 is 0 Å². The van der Waals surface area contributed by atoms with Gasteiger partial charge in [-0.2, -0.15) is 0 Å². The molecule has 51 heavy (non-hydrogen) atoms. The van der Waals surface area contributed by atoms with E-state index in [1.807, 2.05) is 0 Å². The van der Waals surface area contributed by atoms with Crippen molar-refractivity contribution in [2.45, 2.75) is 220 Å². The van der Waals surface area contributed by atoms with E-state index in [1.54, 1.807) is 0 Å². The van der Waals surface area contributed by atoms with Gasteiger partial charge in [0.1, 0.15) is 11.9 Å². The summed E-state index contributed by atoms with van der Waals surface area (Å²) in [4.78, 5) is 0. The van der Waals surface area contributed by atoms with Gasteiger partial charge < -0.3 is 0 Å². The Morgan fingerprint density at radius 1 is 0.490 bits per heavy atom. The molecule has 286 valence electrons. The minimum absolute atomic E-state index is 0.515. The molecule has 0 radical (unpaired) electrons. The van der Waals surface area contributed by atoms with Crippen molar-refractivity contribution in [1.29, 1.82) is 0 Å². The molecule has 0 aliphatic carbocycles. The molecular formula is C49H81N2+. The zero-order chi connectivity index (χ0) is 36.0. The normalized spacial score (nSPS) is 12.1. The average molecular weight is 698 g/mol. The number of hydrogen-bond acceptors (Lipinski definition) is 0. The number of benzene rings is 2. The second kappa shape index (κ2) is 29.1. The molecule has 2 nitrogen and oxygen atoms in total. The first-order chi connectivity index (χ1) is 25.2. The third-order valence-corrected chi connectivity index (χ3v) is 11.4. The van der Waals surface area contributed by atoms with Gasteiger partial charge in [0.15, 0.2) is 0 Å². The topological polar surface area (TPSA) is 8.81 Å². The lowest BCUT2D eigenvalue weighted by Crippen LogP contribution is -2.41. The molecule has 0 fully saturated rings. The van der Waals surface area contributed by atoms with E-state index in [2.05, 4.69) is 96.8 Å². The lowest BCUT2D eigenvalue weighted by Gasteiger charge is -2.12. The highest BCUT2D eigenvalue weighted by Gasteiger charge is 2.25. The molecule has 1 heterocycles. The number of aryl methyl sites for hydroxylation is 1. The summed E-state index contributed by atoms with van der Waals surface area (Å²) >= 11 is 0. The zero-order valence-corrected chi connectivity index (χ0v) is 34.0. The highest BCUT2D eigenvalue weighted by molar-refractivity contribution is 5.21. The van der Waals surface area contributed by atoms with Gasteiger partial charge in [0.05, 0.1) is 19.5 Å². The maximum atomic E-state index is 2.76. The Hall–Kier alpha value is -2.35. The van der Waals surface area contributed by atoms with Gasteiger partial charge in [0, 0.05) is 6.42 Å². The van der Waals surface area contributed by atoms with Crippen LogP contribution in [-0.2, 0) is 25.9 Å². The summed E-state index contributed by atoms with van der Waals surface area (Å²) < 4.78 is 5.42. The molecule has 0 saturated carbocycles. The van der Waals surface area contributed by atoms with Crippen molar-refractivity contribution in [3.8, 4) is 0 Å². The Labute approximate surface area is 317 Å². The molecule has 3 aromatic rings. The maximum Gasteiger partial charge on any atom is 0.261 e. The molecule has 0 amide bonds. The summed E-state index contributed by atoms with van der Waals surface area (Å²) in [5, 5.41) is 0. The molecule has 3 rings (SSSR count). The zero-order valence-electron chi connectivity index (χ0n) is 34.0. The quantitative estimate of drug-likeness (QED) is 0.0442. The van der Waals surface area contributed by atoms with Crippen molar-refractivity contribution < 1.29 is 4.57 Å². The number of rotatable bonds is 33. The monoisotopic (exact) mass is 698 g/mol. The maximum absolute atomic E-state index is 2.76. The van der Waals surface area contributed by atoms with Crippen molar-refractivity contribution >= 4 is 0 Å². The van der Waals surface area contributed by atoms with E-state index in [0.29, 0.717) is 5.92 Å². The van der Waals surface area contributed by atoms with Crippen LogP contribution in [0.3, 0.4) is 0 Å². The van der Waals surface area contributed by atoms with Crippen molar-refractivity contribution in [3.05, 3.63) is 89.5 Å². The smallest absolute Gasteiger partial charge is 0.234 e. The first-order valence-electron chi connectivity index (χ1n) is 22.4. The lowest BCUT2D eigenvalue weighted by molar-refractivity contribution is -0.710. The van der Waals surface area contributed by atoms with Crippen LogP contribution in [-0.4, -0.2) is 4.57 Å². The standard InChI is InChI=1S/C49H81N2/c1-4-6-8-10-12-14-16-18-19-20-22-24-26-34-40-50-44-48(42-45(3)47-38-32-29-33-39-47)51(49(50)43-46-36-30-28-31-37-46)41-35-27-25-23-21-17-15-13-11-9-7-5-2/h28-33,36-39,44-45H,4-27,34-35,40-43H2,1-3H3/q+1. The molecule has 0 saturated heterocycles. The van der Waals surface area contributed by atoms with Crippen LogP contribution in [0.15, 0.2) is 66.9 Å². The molecule has 1 atom stereocenters. The fourth-order valence-corrected chi connectivity index (χ4v) is 8.05. The Morgan fingerprint density at radius 3 is 1.37 bits per heavy atom. The van der Waals surface area contributed by atoms with Crippen molar-refractivity contribution in [1.82, 2.24) is 4.57 Å². The minimum Gasteiger partial charge on any atom is -0.234 e. The number of nitrogens with zero attached hydrogens (tertiary/aromatic N) is 2. The molecule has 0 N–H and O–H groups in total. The summed E-state index contributed by atoms with van der Waals surface area (Å²) in [7, 11) is 0. The van der Waals surface area contributed by atoms with E-state index in [0.717, 1.165) is 25.9 Å². The summed E-state index contributed by atoms with van der Waals surface area (Å²) in [6.07, 6.45) is 41.4. The molecule has 0 aliphatic rings. The third kappa shape index (κ3) is 19.3. The fraction of sp³-hybridized carbons (Fsp3) is 0.694. The fourth-order valence-electron chi connectivity index (χ4n) is 8.05. The van der Waals surface area contributed by atoms with Gasteiger partial charge in [-0.05, 0) is 42.7 Å². The van der Waals surface area contributed by atoms with E-state index in [1.165, 1.54) is 190 Å². The van der Waals surface area contributed by atoms with Crippen LogP contribution in [0.1, 0.15) is 216 Å². The first-order valence-corrected chi connectivity index (χ1v) is 22.4. The number of hydrogen-bond donors (Lipinski definition) is 0. The van der Waals surface area contributed by atoms with E-state index < -0.39 is 0 Å². The van der Waals surface area contributed by atoms with Crippen molar-refractivity contribution in [2.24, 2.45) is 0 Å². The molecule has 0 spiro atoms. The van der Waals surface area contributed by atoms with Gasteiger partial charge >= 0.3 is 0 Å². The Morgan fingerprint density at radius 2 is 0.902 bits per heavy atom. The van der Waals surface area contributed by atoms with Crippen LogP contribution < -0.4 is 4.57 Å². The van der Waals surface area contributed by atoms with Crippen molar-refractivity contribution in [2.75, 3.05) is 0 Å². The molecule has 2 heteroatoms. The van der Waals surface area contributed by atoms with E-state index >= 15 is 0 Å². The van der Waals surface area contributed by atoms with Gasteiger partial charge in [0.2, 0.25) is 0 Å². The predicted octanol–water partition coefficient (Wildman–Crippen LogP) is 14.9. The highest BCUT2D eigenvalue weighted by atomic mass is 15.2. The van der Waals surface area contributed by atoms with Gasteiger partial charge in [-0.1, -0.05) is 223 Å². The molecular weight excluding hydrogens is 617 g/mol. The van der Waals surface area contributed by atoms with Crippen LogP contribution in [0.5, 0.6) is 0 Å². The summed E-state index contributed by atoms with van der Waals surface area (Å²) in [5.74, 6) is 2.04. The average Bonchev–Trinajstić information content (AvgIpc) is 3.47. The summed E-state index contributed by atoms with van der Waals surface area (Å²) in [6.45, 7) is 9.35. The van der Waals surface area contributed by atoms with Crippen LogP contribution in [0.2, 0.25) is 0 Å². The Balaban J connectivity index is 1.53. The highest BCUT2D eigenvalue weighted by Crippen LogP contribution is 2.22. The second-order valence-corrected chi connectivity index (χ2v) is 16.0. The molecule has 2 aromatic carbocycles. The predicted molar refractivity (Wildman–Crippen MR) is 224 cm³/mol. The second-order valence-electron chi connectivity index (χ2n) is 16.0. The van der Waals surface area contributed by atoms with Gasteiger partial charge in [-0.25, -0.2) is 9.13 Å². The SMILES string of the molecule is CCCCCCCCCCCCCCCCn1cc(CC(C)c2ccccc2)[n+](CCCCCCCCCCCCCC)c1Cc1ccccc1. The minimum atomic E-state index is 0.515. The largest absolute Gasteiger partial charge is 0.261 e. The van der Waals surface area contributed by atoms with E-state index in [9.17, 15) is 0 Å². The Kier molecular flexibility index (Phi) is 24.6. The van der Waals surface area contributed by atoms with Gasteiger partial charge in [-0.3, -0.25) is 0 Å². The number of imidazole rings is 1.